The van der Waals surface area contributed by atoms with Crippen LogP contribution in [0.2, 0.25) is 5.02 Å². The van der Waals surface area contributed by atoms with E-state index in [1.165, 1.54) is 0 Å². The van der Waals surface area contributed by atoms with Gasteiger partial charge in [-0.1, -0.05) is 30.7 Å². The summed E-state index contributed by atoms with van der Waals surface area (Å²) >= 11 is 5.98. The molecule has 1 aromatic carbocycles. The average molecular weight is 308 g/mol. The number of halogens is 4. The standard InChI is InChI=1S/C15H21ClF3N/c1-3-9-20-14(5-4-8-15(17,18)19)12-6-7-13(16)11(2)10-12/h6-7,10,14,20H,3-5,8-9H2,1-2H3. The Bertz CT molecular complexity index is 418. The highest BCUT2D eigenvalue weighted by Gasteiger charge is 2.26. The first-order valence-corrected chi connectivity index (χ1v) is 7.27. The molecule has 0 fully saturated rings. The molecule has 20 heavy (non-hydrogen) atoms. The van der Waals surface area contributed by atoms with E-state index in [0.29, 0.717) is 11.4 Å². The summed E-state index contributed by atoms with van der Waals surface area (Å²) in [5, 5.41) is 3.99. The fourth-order valence-electron chi connectivity index (χ4n) is 2.10. The molecule has 1 N–H and O–H groups in total. The Hall–Kier alpha value is -0.740. The molecule has 5 heteroatoms. The molecule has 0 aliphatic rings. The van der Waals surface area contributed by atoms with Crippen LogP contribution in [0.25, 0.3) is 0 Å². The van der Waals surface area contributed by atoms with E-state index in [2.05, 4.69) is 5.32 Å². The molecule has 0 amide bonds. The fourth-order valence-corrected chi connectivity index (χ4v) is 2.21. The zero-order chi connectivity index (χ0) is 15.2. The number of aryl methyl sites for hydroxylation is 1. The van der Waals surface area contributed by atoms with Gasteiger partial charge in [0.25, 0.3) is 0 Å². The van der Waals surface area contributed by atoms with Crippen molar-refractivity contribution < 1.29 is 13.2 Å². The smallest absolute Gasteiger partial charge is 0.310 e. The van der Waals surface area contributed by atoms with E-state index < -0.39 is 12.6 Å². The van der Waals surface area contributed by atoms with E-state index in [0.717, 1.165) is 24.1 Å². The van der Waals surface area contributed by atoms with E-state index in [1.54, 1.807) is 6.07 Å². The minimum atomic E-state index is -4.08. The largest absolute Gasteiger partial charge is 0.389 e. The Morgan fingerprint density at radius 2 is 2.00 bits per heavy atom. The van der Waals surface area contributed by atoms with Crippen molar-refractivity contribution in [3.63, 3.8) is 0 Å². The van der Waals surface area contributed by atoms with Crippen molar-refractivity contribution in [2.45, 2.75) is 51.7 Å². The lowest BCUT2D eigenvalue weighted by Crippen LogP contribution is -2.23. The lowest BCUT2D eigenvalue weighted by Gasteiger charge is -2.20. The van der Waals surface area contributed by atoms with Gasteiger partial charge in [0.05, 0.1) is 0 Å². The number of hydrogen-bond donors (Lipinski definition) is 1. The van der Waals surface area contributed by atoms with Crippen LogP contribution in [0.15, 0.2) is 18.2 Å². The second-order valence-corrected chi connectivity index (χ2v) is 5.43. The third-order valence-electron chi connectivity index (χ3n) is 3.18. The Morgan fingerprint density at radius 1 is 1.30 bits per heavy atom. The van der Waals surface area contributed by atoms with Gasteiger partial charge in [0.1, 0.15) is 0 Å². The predicted octanol–water partition coefficient (Wildman–Crippen LogP) is 5.42. The Balaban J connectivity index is 2.69. The van der Waals surface area contributed by atoms with Crippen LogP contribution in [-0.4, -0.2) is 12.7 Å². The third-order valence-corrected chi connectivity index (χ3v) is 3.60. The topological polar surface area (TPSA) is 12.0 Å². The monoisotopic (exact) mass is 307 g/mol. The van der Waals surface area contributed by atoms with Crippen LogP contribution in [0.4, 0.5) is 13.2 Å². The molecule has 0 aliphatic carbocycles. The van der Waals surface area contributed by atoms with Gasteiger partial charge in [-0.15, -0.1) is 0 Å². The van der Waals surface area contributed by atoms with Crippen LogP contribution in [0.1, 0.15) is 49.8 Å². The minimum Gasteiger partial charge on any atom is -0.310 e. The molecule has 1 rings (SSSR count). The van der Waals surface area contributed by atoms with Crippen molar-refractivity contribution in [2.24, 2.45) is 0 Å². The molecule has 0 heterocycles. The van der Waals surface area contributed by atoms with E-state index in [1.807, 2.05) is 26.0 Å². The van der Waals surface area contributed by atoms with E-state index in [9.17, 15) is 13.2 Å². The Labute approximate surface area is 123 Å². The summed E-state index contributed by atoms with van der Waals surface area (Å²) < 4.78 is 36.7. The first-order chi connectivity index (χ1) is 9.33. The van der Waals surface area contributed by atoms with E-state index in [-0.39, 0.29) is 12.5 Å². The third kappa shape index (κ3) is 6.14. The molecular formula is C15H21ClF3N. The van der Waals surface area contributed by atoms with Gasteiger partial charge in [-0.3, -0.25) is 0 Å². The maximum Gasteiger partial charge on any atom is 0.389 e. The molecule has 114 valence electrons. The molecule has 0 aliphatic heterocycles. The van der Waals surface area contributed by atoms with Crippen molar-refractivity contribution in [3.05, 3.63) is 34.3 Å². The summed E-state index contributed by atoms with van der Waals surface area (Å²) in [7, 11) is 0. The highest BCUT2D eigenvalue weighted by atomic mass is 35.5. The zero-order valence-electron chi connectivity index (χ0n) is 11.9. The van der Waals surface area contributed by atoms with Gasteiger partial charge in [0.15, 0.2) is 0 Å². The van der Waals surface area contributed by atoms with E-state index >= 15 is 0 Å². The van der Waals surface area contributed by atoms with Crippen LogP contribution in [0, 0.1) is 6.92 Å². The second-order valence-electron chi connectivity index (χ2n) is 5.02. The van der Waals surface area contributed by atoms with Gasteiger partial charge >= 0.3 is 6.18 Å². The quantitative estimate of drug-likeness (QED) is 0.709. The second kappa shape index (κ2) is 7.89. The number of hydrogen-bond acceptors (Lipinski definition) is 1. The first kappa shape index (κ1) is 17.3. The Kier molecular flexibility index (Phi) is 6.83. The van der Waals surface area contributed by atoms with Gasteiger partial charge in [-0.05, 0) is 49.9 Å². The first-order valence-electron chi connectivity index (χ1n) is 6.89. The van der Waals surface area contributed by atoms with Gasteiger partial charge in [0.2, 0.25) is 0 Å². The van der Waals surface area contributed by atoms with Gasteiger partial charge < -0.3 is 5.32 Å². The van der Waals surface area contributed by atoms with Crippen LogP contribution >= 0.6 is 11.6 Å². The summed E-state index contributed by atoms with van der Waals surface area (Å²) in [4.78, 5) is 0. The molecule has 1 unspecified atom stereocenters. The zero-order valence-corrected chi connectivity index (χ0v) is 12.6. The minimum absolute atomic E-state index is 0.0479. The molecule has 0 saturated carbocycles. The van der Waals surface area contributed by atoms with Gasteiger partial charge in [-0.2, -0.15) is 13.2 Å². The van der Waals surface area contributed by atoms with Gasteiger partial charge in [0, 0.05) is 17.5 Å². The summed E-state index contributed by atoms with van der Waals surface area (Å²) in [6, 6.07) is 5.59. The lowest BCUT2D eigenvalue weighted by atomic mass is 9.99. The summed E-state index contributed by atoms with van der Waals surface area (Å²) in [5.41, 5.74) is 1.95. The van der Waals surface area contributed by atoms with Crippen molar-refractivity contribution in [1.29, 1.82) is 0 Å². The molecule has 0 aromatic heterocycles. The molecule has 0 bridgehead atoms. The molecule has 0 spiro atoms. The highest BCUT2D eigenvalue weighted by Crippen LogP contribution is 2.28. The molecule has 1 atom stereocenters. The van der Waals surface area contributed by atoms with Crippen LogP contribution in [0.3, 0.4) is 0 Å². The molecule has 1 aromatic rings. The van der Waals surface area contributed by atoms with E-state index in [4.69, 9.17) is 11.6 Å². The van der Waals surface area contributed by atoms with Crippen molar-refractivity contribution in [1.82, 2.24) is 5.32 Å². The molecular weight excluding hydrogens is 287 g/mol. The number of nitrogens with one attached hydrogen (secondary N) is 1. The average Bonchev–Trinajstić information content (AvgIpc) is 2.35. The molecule has 0 saturated heterocycles. The fraction of sp³-hybridized carbons (Fsp3) is 0.600. The maximum atomic E-state index is 12.2. The van der Waals surface area contributed by atoms with Crippen LogP contribution < -0.4 is 5.32 Å². The van der Waals surface area contributed by atoms with Crippen molar-refractivity contribution in [3.8, 4) is 0 Å². The SMILES string of the molecule is CCCNC(CCCC(F)(F)F)c1ccc(Cl)c(C)c1. The highest BCUT2D eigenvalue weighted by molar-refractivity contribution is 6.31. The number of benzene rings is 1. The van der Waals surface area contributed by atoms with Crippen molar-refractivity contribution >= 4 is 11.6 Å². The summed E-state index contributed by atoms with van der Waals surface area (Å²) in [5.74, 6) is 0. The number of alkyl halides is 3. The van der Waals surface area contributed by atoms with Gasteiger partial charge in [-0.25, -0.2) is 0 Å². The lowest BCUT2D eigenvalue weighted by molar-refractivity contribution is -0.135. The molecule has 0 radical (unpaired) electrons. The summed E-state index contributed by atoms with van der Waals surface area (Å²) in [6.45, 7) is 4.73. The predicted molar refractivity (Wildman–Crippen MR) is 77.1 cm³/mol. The maximum absolute atomic E-state index is 12.2. The normalized spacial score (nSPS) is 13.5. The van der Waals surface area contributed by atoms with Crippen molar-refractivity contribution in [2.75, 3.05) is 6.54 Å². The summed E-state index contributed by atoms with van der Waals surface area (Å²) in [6.07, 6.45) is -3.26. The number of rotatable bonds is 7. The van der Waals surface area contributed by atoms with Crippen LogP contribution in [0.5, 0.6) is 0 Å². The molecule has 1 nitrogen and oxygen atoms in total. The van der Waals surface area contributed by atoms with Crippen LogP contribution in [-0.2, 0) is 0 Å². The Morgan fingerprint density at radius 3 is 2.55 bits per heavy atom.